The number of carboxylic acid groups (broad SMARTS) is 1. The average Bonchev–Trinajstić information content (AvgIpc) is 3.58. The summed E-state index contributed by atoms with van der Waals surface area (Å²) in [5.41, 5.74) is -2.26. The number of amides is 1. The van der Waals surface area contributed by atoms with Crippen LogP contribution < -0.4 is 9.04 Å². The molecule has 0 radical (unpaired) electrons. The highest BCUT2D eigenvalue weighted by molar-refractivity contribution is 7.91. The largest absolute Gasteiger partial charge is 0.496 e. The highest BCUT2D eigenvalue weighted by Gasteiger charge is 2.55. The van der Waals surface area contributed by atoms with Gasteiger partial charge >= 0.3 is 16.2 Å². The number of methoxy groups -OCH3 is 1. The molecule has 2 aromatic heterocycles. The van der Waals surface area contributed by atoms with Crippen molar-refractivity contribution >= 4 is 38.4 Å². The molecule has 0 spiro atoms. The second kappa shape index (κ2) is 11.1. The van der Waals surface area contributed by atoms with Gasteiger partial charge in [-0.3, -0.25) is 4.79 Å². The number of benzene rings is 1. The Morgan fingerprint density at radius 2 is 1.98 bits per heavy atom. The SMILES string of the molecule is COc1ccccc1[C@H](CN1c2sc(-c3ncco3)c(F)c2C(=O)N(C(C)(C)C(=O)O)S1(=O)=O)OC1CCCCC1. The van der Waals surface area contributed by atoms with Crippen LogP contribution in [0, 0.1) is 5.82 Å². The second-order valence-corrected chi connectivity index (χ2v) is 13.1. The van der Waals surface area contributed by atoms with Crippen LogP contribution in [0.2, 0.25) is 0 Å². The highest BCUT2D eigenvalue weighted by Crippen LogP contribution is 2.48. The van der Waals surface area contributed by atoms with Gasteiger partial charge in [-0.05, 0) is 32.8 Å². The van der Waals surface area contributed by atoms with Gasteiger partial charge in [0.2, 0.25) is 5.89 Å². The van der Waals surface area contributed by atoms with Gasteiger partial charge in [0.1, 0.15) is 33.6 Å². The molecular formula is C27H30FN3O8S2. The molecule has 1 atom stereocenters. The number of fused-ring (bicyclic) bond motifs is 1. The van der Waals surface area contributed by atoms with Gasteiger partial charge in [0.05, 0.1) is 26.0 Å². The number of anilines is 1. The number of hydrogen-bond donors (Lipinski definition) is 1. The summed E-state index contributed by atoms with van der Waals surface area (Å²) in [7, 11) is -3.37. The normalized spacial score (nSPS) is 18.3. The molecule has 1 aliphatic carbocycles. The van der Waals surface area contributed by atoms with Crippen molar-refractivity contribution in [3.63, 3.8) is 0 Å². The molecule has 1 fully saturated rings. The van der Waals surface area contributed by atoms with Crippen molar-refractivity contribution in [2.24, 2.45) is 0 Å². The summed E-state index contributed by atoms with van der Waals surface area (Å²) in [5, 5.41) is 9.70. The molecule has 3 aromatic rings. The van der Waals surface area contributed by atoms with Gasteiger partial charge < -0.3 is 19.0 Å². The minimum absolute atomic E-state index is 0.143. The third-order valence-electron chi connectivity index (χ3n) is 7.35. The molecule has 0 bridgehead atoms. The number of halogens is 1. The lowest BCUT2D eigenvalue weighted by molar-refractivity contribution is -0.145. The van der Waals surface area contributed by atoms with E-state index in [2.05, 4.69) is 4.98 Å². The van der Waals surface area contributed by atoms with Crippen molar-refractivity contribution in [3.05, 3.63) is 53.7 Å². The monoisotopic (exact) mass is 607 g/mol. The first-order chi connectivity index (χ1) is 19.5. The molecule has 1 saturated carbocycles. The van der Waals surface area contributed by atoms with Crippen molar-refractivity contribution in [1.29, 1.82) is 0 Å². The van der Waals surface area contributed by atoms with Crippen LogP contribution in [0.5, 0.6) is 5.75 Å². The van der Waals surface area contributed by atoms with E-state index in [1.807, 2.05) is 0 Å². The molecule has 2 aliphatic rings. The molecule has 0 unspecified atom stereocenters. The van der Waals surface area contributed by atoms with Crippen molar-refractivity contribution in [1.82, 2.24) is 9.29 Å². The Bertz CT molecular complexity index is 1550. The summed E-state index contributed by atoms with van der Waals surface area (Å²) in [4.78, 5) is 29.6. The molecule has 5 rings (SSSR count). The number of oxazole rings is 1. The lowest BCUT2D eigenvalue weighted by Gasteiger charge is -2.42. The van der Waals surface area contributed by atoms with Crippen LogP contribution in [0.4, 0.5) is 9.39 Å². The summed E-state index contributed by atoms with van der Waals surface area (Å²) in [6.07, 6.45) is 6.00. The number of aliphatic carboxylic acids is 1. The summed E-state index contributed by atoms with van der Waals surface area (Å²) < 4.78 is 62.7. The maximum Gasteiger partial charge on any atom is 0.330 e. The first-order valence-corrected chi connectivity index (χ1v) is 15.3. The van der Waals surface area contributed by atoms with Gasteiger partial charge in [-0.1, -0.05) is 37.5 Å². The molecule has 1 aromatic carbocycles. The Morgan fingerprint density at radius 1 is 1.27 bits per heavy atom. The first kappa shape index (κ1) is 29.0. The highest BCUT2D eigenvalue weighted by atomic mass is 32.2. The average molecular weight is 608 g/mol. The Balaban J connectivity index is 1.68. The molecule has 41 heavy (non-hydrogen) atoms. The van der Waals surface area contributed by atoms with Crippen molar-refractivity contribution in [2.45, 2.75) is 63.7 Å². The van der Waals surface area contributed by atoms with E-state index in [0.717, 1.165) is 50.3 Å². The predicted molar refractivity (Wildman–Crippen MR) is 148 cm³/mol. The van der Waals surface area contributed by atoms with Crippen LogP contribution in [0.25, 0.3) is 10.8 Å². The molecule has 14 heteroatoms. The molecule has 11 nitrogen and oxygen atoms in total. The van der Waals surface area contributed by atoms with Gasteiger partial charge in [-0.25, -0.2) is 22.8 Å². The number of carbonyl (C=O) groups is 2. The summed E-state index contributed by atoms with van der Waals surface area (Å²) in [6, 6.07) is 7.00. The molecule has 0 saturated heterocycles. The lowest BCUT2D eigenvalue weighted by atomic mass is 9.97. The third-order valence-corrected chi connectivity index (χ3v) is 10.6. The van der Waals surface area contributed by atoms with E-state index in [4.69, 9.17) is 13.9 Å². The van der Waals surface area contributed by atoms with Crippen molar-refractivity contribution < 1.29 is 41.4 Å². The predicted octanol–water partition coefficient (Wildman–Crippen LogP) is 5.01. The lowest BCUT2D eigenvalue weighted by Crippen LogP contribution is -2.62. The number of hydrogen-bond acceptors (Lipinski definition) is 9. The zero-order valence-electron chi connectivity index (χ0n) is 22.7. The van der Waals surface area contributed by atoms with E-state index >= 15 is 4.39 Å². The van der Waals surface area contributed by atoms with E-state index in [0.29, 0.717) is 22.6 Å². The molecule has 1 amide bonds. The topological polar surface area (TPSA) is 139 Å². The Kier molecular flexibility index (Phi) is 7.83. The zero-order valence-corrected chi connectivity index (χ0v) is 24.3. The first-order valence-electron chi connectivity index (χ1n) is 13.1. The number of para-hydroxylation sites is 1. The number of thiophene rings is 1. The van der Waals surface area contributed by atoms with Gasteiger partial charge in [0.15, 0.2) is 11.4 Å². The molecule has 3 heterocycles. The molecular weight excluding hydrogens is 577 g/mol. The van der Waals surface area contributed by atoms with Crippen LogP contribution >= 0.6 is 11.3 Å². The van der Waals surface area contributed by atoms with E-state index in [9.17, 15) is 23.1 Å². The van der Waals surface area contributed by atoms with Crippen LogP contribution in [0.3, 0.4) is 0 Å². The van der Waals surface area contributed by atoms with Gasteiger partial charge in [-0.2, -0.15) is 8.42 Å². The van der Waals surface area contributed by atoms with Crippen molar-refractivity contribution in [2.75, 3.05) is 18.0 Å². The third kappa shape index (κ3) is 5.08. The van der Waals surface area contributed by atoms with E-state index in [1.165, 1.54) is 19.6 Å². The van der Waals surface area contributed by atoms with Gasteiger partial charge in [0, 0.05) is 5.56 Å². The maximum absolute atomic E-state index is 15.9. The van der Waals surface area contributed by atoms with Crippen LogP contribution in [-0.2, 0) is 19.7 Å². The number of carbonyl (C=O) groups excluding carboxylic acids is 1. The summed E-state index contributed by atoms with van der Waals surface area (Å²) in [5.74, 6) is -3.61. The maximum atomic E-state index is 15.9. The van der Waals surface area contributed by atoms with E-state index < -0.39 is 45.1 Å². The second-order valence-electron chi connectivity index (χ2n) is 10.4. The molecule has 1 N–H and O–H groups in total. The summed E-state index contributed by atoms with van der Waals surface area (Å²) >= 11 is 0.682. The number of ether oxygens (including phenoxy) is 2. The van der Waals surface area contributed by atoms with Gasteiger partial charge in [0.25, 0.3) is 5.91 Å². The van der Waals surface area contributed by atoms with E-state index in [-0.39, 0.29) is 32.7 Å². The Morgan fingerprint density at radius 3 is 2.61 bits per heavy atom. The fourth-order valence-electron chi connectivity index (χ4n) is 5.18. The Hall–Kier alpha value is -3.49. The van der Waals surface area contributed by atoms with Crippen LogP contribution in [-0.4, -0.2) is 60.0 Å². The number of carboxylic acids is 1. The van der Waals surface area contributed by atoms with Crippen LogP contribution in [0.15, 0.2) is 41.1 Å². The summed E-state index contributed by atoms with van der Waals surface area (Å²) in [6.45, 7) is 1.77. The number of aromatic nitrogens is 1. The minimum Gasteiger partial charge on any atom is -0.496 e. The molecule has 1 aliphatic heterocycles. The number of rotatable bonds is 9. The van der Waals surface area contributed by atoms with Crippen LogP contribution in [0.1, 0.15) is 68.0 Å². The standard InChI is InChI=1S/C27H30FN3O8S2/c1-27(2,26(33)34)31-24(32)20-21(28)22(23-29-13-14-38-23)40-25(20)30(41(31,35)36)15-19(39-16-9-5-4-6-10-16)17-11-7-8-12-18(17)37-3/h7-8,11-14,16,19H,4-6,9-10,15H2,1-3H3,(H,33,34)/t19-/m0/s1. The Labute approximate surface area is 240 Å². The fourth-order valence-corrected chi connectivity index (χ4v) is 8.38. The quantitative estimate of drug-likeness (QED) is 0.355. The molecule has 220 valence electrons. The zero-order chi connectivity index (χ0) is 29.5. The van der Waals surface area contributed by atoms with Crippen molar-refractivity contribution in [3.8, 4) is 16.5 Å². The number of nitrogens with zero attached hydrogens (tertiary/aromatic N) is 3. The fraction of sp³-hybridized carbons (Fsp3) is 0.444. The minimum atomic E-state index is -4.86. The smallest absolute Gasteiger partial charge is 0.330 e. The van der Waals surface area contributed by atoms with E-state index in [1.54, 1.807) is 24.3 Å². The van der Waals surface area contributed by atoms with Gasteiger partial charge in [-0.15, -0.1) is 11.3 Å².